The van der Waals surface area contributed by atoms with Crippen LogP contribution in [0.25, 0.3) is 0 Å². The minimum Gasteiger partial charge on any atom is -0.377 e. The fourth-order valence-corrected chi connectivity index (χ4v) is 2.15. The third-order valence-electron chi connectivity index (χ3n) is 3.28. The average Bonchev–Trinajstić information content (AvgIpc) is 2.53. The van der Waals surface area contributed by atoms with Crippen LogP contribution in [0, 0.1) is 0 Å². The largest absolute Gasteiger partial charge is 0.377 e. The van der Waals surface area contributed by atoms with E-state index < -0.39 is 17.5 Å². The van der Waals surface area contributed by atoms with Crippen molar-refractivity contribution >= 4 is 0 Å². The maximum absolute atomic E-state index is 11.7. The molecule has 0 saturated carbocycles. The number of hydrogen-bond donors (Lipinski definition) is 1. The molecule has 0 radical (unpaired) electrons. The fraction of sp³-hybridized carbons (Fsp3) is 0.375. The molecule has 2 aromatic rings. The number of benzene rings is 1. The minimum absolute atomic E-state index is 0.412. The second-order valence-electron chi connectivity index (χ2n) is 4.89. The zero-order chi connectivity index (χ0) is 15.8. The van der Waals surface area contributed by atoms with E-state index in [2.05, 4.69) is 4.98 Å². The topological polar surface area (TPSA) is 73.3 Å². The predicted molar refractivity (Wildman–Crippen MR) is 82.7 cm³/mol. The smallest absolute Gasteiger partial charge is 0.330 e. The molecule has 6 nitrogen and oxygen atoms in total. The second kappa shape index (κ2) is 8.31. The Morgan fingerprint density at radius 1 is 1.18 bits per heavy atom. The lowest BCUT2D eigenvalue weighted by atomic mass is 10.2. The van der Waals surface area contributed by atoms with E-state index in [4.69, 9.17) is 9.47 Å². The average molecular weight is 304 g/mol. The molecule has 1 unspecified atom stereocenters. The number of rotatable bonds is 8. The van der Waals surface area contributed by atoms with Gasteiger partial charge in [-0.05, 0) is 18.4 Å². The summed E-state index contributed by atoms with van der Waals surface area (Å²) in [6.45, 7) is 1.14. The molecule has 2 rings (SSSR count). The van der Waals surface area contributed by atoms with E-state index in [1.165, 1.54) is 23.9 Å². The summed E-state index contributed by atoms with van der Waals surface area (Å²) in [4.78, 5) is 25.0. The molecule has 0 amide bonds. The lowest BCUT2D eigenvalue weighted by Gasteiger charge is -2.17. The maximum Gasteiger partial charge on any atom is 0.330 e. The van der Waals surface area contributed by atoms with Crippen LogP contribution in [-0.4, -0.2) is 23.3 Å². The van der Waals surface area contributed by atoms with Crippen molar-refractivity contribution in [3.8, 4) is 0 Å². The van der Waals surface area contributed by atoms with Gasteiger partial charge in [-0.2, -0.15) is 0 Å². The van der Waals surface area contributed by atoms with Gasteiger partial charge in [0, 0.05) is 26.0 Å². The third-order valence-corrected chi connectivity index (χ3v) is 3.28. The number of nitrogens with one attached hydrogen (secondary N) is 1. The normalized spacial score (nSPS) is 12.2. The highest BCUT2D eigenvalue weighted by Crippen LogP contribution is 2.12. The Morgan fingerprint density at radius 2 is 1.95 bits per heavy atom. The summed E-state index contributed by atoms with van der Waals surface area (Å²) in [5, 5.41) is 0. The van der Waals surface area contributed by atoms with Crippen molar-refractivity contribution in [3.05, 3.63) is 69.0 Å². The first kappa shape index (κ1) is 16.2. The molecule has 1 atom stereocenters. The first-order valence-corrected chi connectivity index (χ1v) is 7.16. The van der Waals surface area contributed by atoms with E-state index in [1.54, 1.807) is 0 Å². The molecule has 0 bridgehead atoms. The van der Waals surface area contributed by atoms with Gasteiger partial charge in [-0.25, -0.2) is 4.79 Å². The Balaban J connectivity index is 1.79. The molecule has 1 aromatic carbocycles. The summed E-state index contributed by atoms with van der Waals surface area (Å²) in [5.74, 6) is 0. The van der Waals surface area contributed by atoms with Gasteiger partial charge in [-0.1, -0.05) is 30.3 Å². The Hall–Kier alpha value is -2.18. The molecule has 0 fully saturated rings. The van der Waals surface area contributed by atoms with E-state index in [0.717, 1.165) is 12.0 Å². The van der Waals surface area contributed by atoms with Crippen LogP contribution in [-0.2, 0) is 16.1 Å². The molecule has 0 aliphatic heterocycles. The van der Waals surface area contributed by atoms with Crippen molar-refractivity contribution in [2.45, 2.75) is 25.7 Å². The summed E-state index contributed by atoms with van der Waals surface area (Å²) in [6, 6.07) is 11.2. The van der Waals surface area contributed by atoms with Crippen LogP contribution < -0.4 is 11.2 Å². The molecule has 118 valence electrons. The highest BCUT2D eigenvalue weighted by atomic mass is 16.5. The van der Waals surface area contributed by atoms with Crippen LogP contribution in [0.3, 0.4) is 0 Å². The van der Waals surface area contributed by atoms with Gasteiger partial charge in [0.05, 0.1) is 6.61 Å². The maximum atomic E-state index is 11.7. The van der Waals surface area contributed by atoms with Crippen LogP contribution in [0.15, 0.2) is 52.2 Å². The summed E-state index contributed by atoms with van der Waals surface area (Å²) in [6.07, 6.45) is 2.40. The van der Waals surface area contributed by atoms with Gasteiger partial charge in [0.2, 0.25) is 0 Å². The lowest BCUT2D eigenvalue weighted by Crippen LogP contribution is -2.32. The predicted octanol–water partition coefficient (Wildman–Crippen LogP) is 1.68. The summed E-state index contributed by atoms with van der Waals surface area (Å²) >= 11 is 0. The first-order chi connectivity index (χ1) is 10.7. The number of aromatic amines is 1. The molecular formula is C16H20N2O4. The number of aromatic nitrogens is 2. The molecule has 1 aromatic heterocycles. The Labute approximate surface area is 128 Å². The molecular weight excluding hydrogens is 284 g/mol. The lowest BCUT2D eigenvalue weighted by molar-refractivity contribution is 0.0211. The number of hydrogen-bond acceptors (Lipinski definition) is 4. The van der Waals surface area contributed by atoms with Crippen molar-refractivity contribution in [1.29, 1.82) is 0 Å². The van der Waals surface area contributed by atoms with Crippen LogP contribution in [0.5, 0.6) is 0 Å². The number of ether oxygens (including phenoxy) is 2. The third kappa shape index (κ3) is 4.68. The monoisotopic (exact) mass is 304 g/mol. The Bertz CT molecular complexity index is 678. The molecule has 0 aliphatic rings. The van der Waals surface area contributed by atoms with E-state index in [9.17, 15) is 9.59 Å². The standard InChI is InChI=1S/C16H20N2O4/c1-21-15(18-10-9-14(19)17-16(18)20)8-5-11-22-12-13-6-3-2-4-7-13/h2-4,6-7,9-10,15H,5,8,11-12H2,1H3,(H,17,19,20). The quantitative estimate of drug-likeness (QED) is 0.753. The highest BCUT2D eigenvalue weighted by molar-refractivity contribution is 5.13. The number of methoxy groups -OCH3 is 1. The van der Waals surface area contributed by atoms with Crippen molar-refractivity contribution in [1.82, 2.24) is 9.55 Å². The minimum atomic E-state index is -0.468. The van der Waals surface area contributed by atoms with E-state index in [-0.39, 0.29) is 0 Å². The van der Waals surface area contributed by atoms with Crippen LogP contribution in [0.1, 0.15) is 24.6 Å². The number of nitrogens with zero attached hydrogens (tertiary/aromatic N) is 1. The van der Waals surface area contributed by atoms with Gasteiger partial charge in [0.25, 0.3) is 5.56 Å². The zero-order valence-electron chi connectivity index (χ0n) is 12.5. The van der Waals surface area contributed by atoms with Gasteiger partial charge in [-0.3, -0.25) is 14.3 Å². The van der Waals surface area contributed by atoms with Gasteiger partial charge < -0.3 is 9.47 Å². The fourth-order valence-electron chi connectivity index (χ4n) is 2.15. The van der Waals surface area contributed by atoms with Gasteiger partial charge in [0.15, 0.2) is 0 Å². The van der Waals surface area contributed by atoms with Crippen molar-refractivity contribution in [3.63, 3.8) is 0 Å². The molecule has 1 heterocycles. The molecule has 1 N–H and O–H groups in total. The Kier molecular flexibility index (Phi) is 6.12. The summed E-state index contributed by atoms with van der Waals surface area (Å²) < 4.78 is 12.3. The molecule has 0 spiro atoms. The molecule has 0 aliphatic carbocycles. The molecule has 22 heavy (non-hydrogen) atoms. The number of H-pyrrole nitrogens is 1. The van der Waals surface area contributed by atoms with Crippen LogP contribution in [0.4, 0.5) is 0 Å². The Morgan fingerprint density at radius 3 is 2.64 bits per heavy atom. The van der Waals surface area contributed by atoms with Gasteiger partial charge in [-0.15, -0.1) is 0 Å². The van der Waals surface area contributed by atoms with Crippen molar-refractivity contribution < 1.29 is 9.47 Å². The van der Waals surface area contributed by atoms with Gasteiger partial charge >= 0.3 is 5.69 Å². The first-order valence-electron chi connectivity index (χ1n) is 7.16. The van der Waals surface area contributed by atoms with E-state index in [0.29, 0.717) is 19.6 Å². The highest BCUT2D eigenvalue weighted by Gasteiger charge is 2.11. The summed E-state index contributed by atoms with van der Waals surface area (Å²) in [5.41, 5.74) is 0.245. The summed E-state index contributed by atoms with van der Waals surface area (Å²) in [7, 11) is 1.53. The van der Waals surface area contributed by atoms with E-state index >= 15 is 0 Å². The van der Waals surface area contributed by atoms with E-state index in [1.807, 2.05) is 30.3 Å². The SMILES string of the molecule is COC(CCCOCc1ccccc1)n1ccc(=O)[nH]c1=O. The van der Waals surface area contributed by atoms with Crippen molar-refractivity contribution in [2.24, 2.45) is 0 Å². The second-order valence-corrected chi connectivity index (χ2v) is 4.89. The molecule has 0 saturated heterocycles. The molecule has 6 heteroatoms. The van der Waals surface area contributed by atoms with Crippen molar-refractivity contribution in [2.75, 3.05) is 13.7 Å². The zero-order valence-corrected chi connectivity index (χ0v) is 12.5. The van der Waals surface area contributed by atoms with Crippen LogP contribution in [0.2, 0.25) is 0 Å². The van der Waals surface area contributed by atoms with Gasteiger partial charge in [0.1, 0.15) is 6.23 Å². The van der Waals surface area contributed by atoms with Crippen LogP contribution >= 0.6 is 0 Å².